The van der Waals surface area contributed by atoms with Crippen LogP contribution in [0.25, 0.3) is 17.0 Å². The van der Waals surface area contributed by atoms with E-state index in [0.717, 1.165) is 23.5 Å². The van der Waals surface area contributed by atoms with Crippen LogP contribution in [0.2, 0.25) is 0 Å². The molecule has 0 fully saturated rings. The molecule has 0 bridgehead atoms. The molecular formula is C20H26N6O2. The van der Waals surface area contributed by atoms with Crippen molar-refractivity contribution in [3.05, 3.63) is 42.5 Å². The van der Waals surface area contributed by atoms with Crippen molar-refractivity contribution in [2.75, 3.05) is 20.3 Å². The van der Waals surface area contributed by atoms with Gasteiger partial charge in [-0.15, -0.1) is 11.7 Å². The first kappa shape index (κ1) is 19.8. The lowest BCUT2D eigenvalue weighted by Gasteiger charge is -2.15. The van der Waals surface area contributed by atoms with Crippen molar-refractivity contribution in [1.29, 1.82) is 0 Å². The number of hydrogen-bond donors (Lipinski definition) is 1. The molecule has 0 amide bonds. The molecular weight excluding hydrogens is 356 g/mol. The molecule has 0 saturated carbocycles. The predicted octanol–water partition coefficient (Wildman–Crippen LogP) is 3.13. The zero-order valence-corrected chi connectivity index (χ0v) is 16.8. The van der Waals surface area contributed by atoms with Crippen molar-refractivity contribution < 1.29 is 9.47 Å². The highest BCUT2D eigenvalue weighted by molar-refractivity contribution is 5.66. The number of imidazole rings is 1. The van der Waals surface area contributed by atoms with E-state index in [-0.39, 0.29) is 6.04 Å². The minimum absolute atomic E-state index is 0.0941. The topological polar surface area (TPSA) is 86.5 Å². The number of ether oxygens (including phenoxy) is 2. The summed E-state index contributed by atoms with van der Waals surface area (Å²) in [6.07, 6.45) is 5.96. The molecule has 1 N–H and O–H groups in total. The summed E-state index contributed by atoms with van der Waals surface area (Å²) in [5, 5.41) is 8.03. The van der Waals surface area contributed by atoms with E-state index in [9.17, 15) is 0 Å². The Morgan fingerprint density at radius 1 is 1.32 bits per heavy atom. The first-order valence-electron chi connectivity index (χ1n) is 9.32. The third-order valence-corrected chi connectivity index (χ3v) is 4.37. The van der Waals surface area contributed by atoms with Gasteiger partial charge in [0.2, 0.25) is 5.65 Å². The molecule has 0 spiro atoms. The number of fused-ring (bicyclic) bond motifs is 1. The van der Waals surface area contributed by atoms with Crippen molar-refractivity contribution in [1.82, 2.24) is 29.9 Å². The minimum Gasteiger partial charge on any atom is -0.494 e. The van der Waals surface area contributed by atoms with Crippen molar-refractivity contribution in [3.63, 3.8) is 0 Å². The monoisotopic (exact) mass is 382 g/mol. The second-order valence-corrected chi connectivity index (χ2v) is 6.39. The van der Waals surface area contributed by atoms with Gasteiger partial charge in [-0.25, -0.2) is 9.50 Å². The molecule has 0 aliphatic carbocycles. The normalized spacial score (nSPS) is 12.1. The molecule has 148 valence electrons. The van der Waals surface area contributed by atoms with E-state index >= 15 is 0 Å². The van der Waals surface area contributed by atoms with Gasteiger partial charge < -0.3 is 14.8 Å². The number of aromatic nitrogens is 5. The Labute approximate surface area is 164 Å². The van der Waals surface area contributed by atoms with Crippen LogP contribution in [0.3, 0.4) is 0 Å². The van der Waals surface area contributed by atoms with E-state index in [1.54, 1.807) is 30.1 Å². The zero-order valence-electron chi connectivity index (χ0n) is 16.8. The molecule has 3 rings (SSSR count). The molecule has 3 aromatic heterocycles. The van der Waals surface area contributed by atoms with Gasteiger partial charge in [-0.2, -0.15) is 4.98 Å². The Balaban J connectivity index is 2.12. The summed E-state index contributed by atoms with van der Waals surface area (Å²) in [7, 11) is 1.61. The first-order valence-corrected chi connectivity index (χ1v) is 9.32. The summed E-state index contributed by atoms with van der Waals surface area (Å²) >= 11 is 0. The Kier molecular flexibility index (Phi) is 6.20. The molecule has 28 heavy (non-hydrogen) atoms. The minimum atomic E-state index is 0.0941. The SMILES string of the molecule is C=CCCOc1nc(-c2cc(C(C)NCC)ncc2OC)nn2c(C)cnc12. The van der Waals surface area contributed by atoms with Gasteiger partial charge in [0.15, 0.2) is 5.82 Å². The number of pyridine rings is 1. The van der Waals surface area contributed by atoms with Crippen LogP contribution in [0.15, 0.2) is 31.1 Å². The Morgan fingerprint density at radius 2 is 2.14 bits per heavy atom. The van der Waals surface area contributed by atoms with Crippen LogP contribution in [0.1, 0.15) is 37.7 Å². The van der Waals surface area contributed by atoms with Gasteiger partial charge in [-0.05, 0) is 32.9 Å². The van der Waals surface area contributed by atoms with Crippen LogP contribution in [0, 0.1) is 6.92 Å². The first-order chi connectivity index (χ1) is 13.6. The van der Waals surface area contributed by atoms with E-state index in [2.05, 4.69) is 45.8 Å². The summed E-state index contributed by atoms with van der Waals surface area (Å²) in [6.45, 7) is 11.1. The highest BCUT2D eigenvalue weighted by atomic mass is 16.5. The van der Waals surface area contributed by atoms with E-state index in [4.69, 9.17) is 9.47 Å². The van der Waals surface area contributed by atoms with E-state index in [0.29, 0.717) is 36.1 Å². The molecule has 0 radical (unpaired) electrons. The molecule has 8 nitrogen and oxygen atoms in total. The maximum Gasteiger partial charge on any atom is 0.261 e. The maximum atomic E-state index is 5.85. The Hall–Kier alpha value is -3.00. The molecule has 8 heteroatoms. The van der Waals surface area contributed by atoms with Crippen LogP contribution in [-0.4, -0.2) is 44.8 Å². The lowest BCUT2D eigenvalue weighted by Crippen LogP contribution is -2.19. The molecule has 1 atom stereocenters. The number of methoxy groups -OCH3 is 1. The van der Waals surface area contributed by atoms with Gasteiger partial charge in [0.1, 0.15) is 5.75 Å². The van der Waals surface area contributed by atoms with Crippen LogP contribution in [-0.2, 0) is 0 Å². The van der Waals surface area contributed by atoms with Crippen molar-refractivity contribution in [2.24, 2.45) is 0 Å². The lowest BCUT2D eigenvalue weighted by molar-refractivity contribution is 0.313. The number of nitrogens with zero attached hydrogens (tertiary/aromatic N) is 5. The van der Waals surface area contributed by atoms with E-state index < -0.39 is 0 Å². The van der Waals surface area contributed by atoms with Crippen molar-refractivity contribution in [2.45, 2.75) is 33.2 Å². The van der Waals surface area contributed by atoms with Gasteiger partial charge in [-0.3, -0.25) is 4.98 Å². The number of hydrogen-bond acceptors (Lipinski definition) is 7. The van der Waals surface area contributed by atoms with Crippen LogP contribution >= 0.6 is 0 Å². The second kappa shape index (κ2) is 8.79. The second-order valence-electron chi connectivity index (χ2n) is 6.39. The van der Waals surface area contributed by atoms with E-state index in [1.165, 1.54) is 0 Å². The van der Waals surface area contributed by atoms with Crippen molar-refractivity contribution in [3.8, 4) is 23.0 Å². The van der Waals surface area contributed by atoms with Crippen LogP contribution in [0.4, 0.5) is 0 Å². The fourth-order valence-corrected chi connectivity index (χ4v) is 2.86. The fraction of sp³-hybridized carbons (Fsp3) is 0.400. The number of rotatable bonds is 9. The third-order valence-electron chi connectivity index (χ3n) is 4.37. The average molecular weight is 382 g/mol. The molecule has 0 aliphatic heterocycles. The standard InChI is InChI=1S/C20H26N6O2/c1-6-8-9-28-20-19-23-11-13(3)26(19)25-18(24-20)15-10-16(14(4)21-7-2)22-12-17(15)27-5/h6,10-12,14,21H,1,7-9H2,2-5H3. The Morgan fingerprint density at radius 3 is 2.86 bits per heavy atom. The molecule has 0 saturated heterocycles. The highest BCUT2D eigenvalue weighted by Gasteiger charge is 2.18. The van der Waals surface area contributed by atoms with Gasteiger partial charge in [0, 0.05) is 6.04 Å². The molecule has 3 heterocycles. The summed E-state index contributed by atoms with van der Waals surface area (Å²) in [5.74, 6) is 1.52. The summed E-state index contributed by atoms with van der Waals surface area (Å²) in [5.41, 5.74) is 3.11. The molecule has 1 unspecified atom stereocenters. The van der Waals surface area contributed by atoms with Crippen LogP contribution in [0.5, 0.6) is 11.6 Å². The highest BCUT2D eigenvalue weighted by Crippen LogP contribution is 2.31. The fourth-order valence-electron chi connectivity index (χ4n) is 2.86. The molecule has 3 aromatic rings. The zero-order chi connectivity index (χ0) is 20.1. The number of nitrogens with one attached hydrogen (secondary N) is 1. The number of aryl methyl sites for hydroxylation is 1. The summed E-state index contributed by atoms with van der Waals surface area (Å²) in [4.78, 5) is 13.5. The molecule has 0 aromatic carbocycles. The largest absolute Gasteiger partial charge is 0.494 e. The summed E-state index contributed by atoms with van der Waals surface area (Å²) < 4.78 is 13.1. The third kappa shape index (κ3) is 3.96. The van der Waals surface area contributed by atoms with Gasteiger partial charge in [-0.1, -0.05) is 13.0 Å². The van der Waals surface area contributed by atoms with Gasteiger partial charge in [0.25, 0.3) is 5.88 Å². The maximum absolute atomic E-state index is 5.85. The average Bonchev–Trinajstić information content (AvgIpc) is 3.09. The van der Waals surface area contributed by atoms with Crippen molar-refractivity contribution >= 4 is 5.65 Å². The van der Waals surface area contributed by atoms with Gasteiger partial charge in [0.05, 0.1) is 43.1 Å². The predicted molar refractivity (Wildman–Crippen MR) is 108 cm³/mol. The van der Waals surface area contributed by atoms with Gasteiger partial charge >= 0.3 is 0 Å². The lowest BCUT2D eigenvalue weighted by atomic mass is 10.1. The van der Waals surface area contributed by atoms with Crippen LogP contribution < -0.4 is 14.8 Å². The quantitative estimate of drug-likeness (QED) is 0.449. The van der Waals surface area contributed by atoms with E-state index in [1.807, 2.05) is 13.0 Å². The summed E-state index contributed by atoms with van der Waals surface area (Å²) in [6, 6.07) is 2.05. The molecule has 0 aliphatic rings. The smallest absolute Gasteiger partial charge is 0.261 e. The Bertz CT molecular complexity index is 969.